The summed E-state index contributed by atoms with van der Waals surface area (Å²) in [6.07, 6.45) is 2.42. The summed E-state index contributed by atoms with van der Waals surface area (Å²) in [5.74, 6) is -2.37. The molecule has 0 bridgehead atoms. The Hall–Kier alpha value is -2.35. The van der Waals surface area contributed by atoms with Crippen LogP contribution in [0.1, 0.15) is 13.3 Å². The van der Waals surface area contributed by atoms with E-state index in [0.29, 0.717) is 17.0 Å². The van der Waals surface area contributed by atoms with Crippen LogP contribution >= 0.6 is 11.8 Å². The first kappa shape index (κ1) is 17.0. The largest absolute Gasteiger partial charge is 0.334 e. The van der Waals surface area contributed by atoms with E-state index in [1.165, 1.54) is 11.8 Å². The Morgan fingerprint density at radius 3 is 2.43 bits per heavy atom. The number of amides is 5. The third kappa shape index (κ3) is 3.53. The standard InChI is InChI=1S/C15H17N3O4S/c1-3-8-17-13(20)14(21)18(15(17)22)9-12(19)16-10-6-4-5-7-11(10)23-2/h4-7H,3,8-9H2,1-2H3,(H,16,19). The third-order valence-electron chi connectivity index (χ3n) is 3.27. The van der Waals surface area contributed by atoms with Gasteiger partial charge in [-0.1, -0.05) is 19.1 Å². The summed E-state index contributed by atoms with van der Waals surface area (Å²) in [4.78, 5) is 50.1. The maximum atomic E-state index is 12.1. The molecule has 0 aliphatic carbocycles. The van der Waals surface area contributed by atoms with Gasteiger partial charge in [0, 0.05) is 11.4 Å². The van der Waals surface area contributed by atoms with Gasteiger partial charge in [-0.15, -0.1) is 11.8 Å². The second kappa shape index (κ2) is 7.28. The highest BCUT2D eigenvalue weighted by atomic mass is 32.2. The molecule has 0 saturated carbocycles. The molecular weight excluding hydrogens is 318 g/mol. The highest BCUT2D eigenvalue weighted by Gasteiger charge is 2.44. The molecule has 0 atom stereocenters. The molecule has 1 aliphatic rings. The number of thioether (sulfide) groups is 1. The lowest BCUT2D eigenvalue weighted by molar-refractivity contribution is -0.143. The molecule has 2 rings (SSSR count). The molecular formula is C15H17N3O4S. The normalized spacial score (nSPS) is 14.6. The lowest BCUT2D eigenvalue weighted by atomic mass is 10.3. The van der Waals surface area contributed by atoms with E-state index in [0.717, 1.165) is 9.80 Å². The predicted molar refractivity (Wildman–Crippen MR) is 86.0 cm³/mol. The number of hydrogen-bond donors (Lipinski definition) is 1. The van der Waals surface area contributed by atoms with Crippen molar-refractivity contribution >= 4 is 41.2 Å². The van der Waals surface area contributed by atoms with Gasteiger partial charge in [-0.3, -0.25) is 19.3 Å². The van der Waals surface area contributed by atoms with Gasteiger partial charge in [0.1, 0.15) is 6.54 Å². The Kier molecular flexibility index (Phi) is 5.38. The average molecular weight is 335 g/mol. The molecule has 5 amide bonds. The van der Waals surface area contributed by atoms with Gasteiger partial charge < -0.3 is 5.32 Å². The van der Waals surface area contributed by atoms with Crippen LogP contribution in [-0.4, -0.2) is 52.9 Å². The van der Waals surface area contributed by atoms with Crippen molar-refractivity contribution in [2.45, 2.75) is 18.2 Å². The van der Waals surface area contributed by atoms with Crippen LogP contribution in [0.25, 0.3) is 0 Å². The lowest BCUT2D eigenvalue weighted by Gasteiger charge is -2.15. The van der Waals surface area contributed by atoms with Gasteiger partial charge in [0.2, 0.25) is 5.91 Å². The van der Waals surface area contributed by atoms with Crippen LogP contribution in [-0.2, 0) is 14.4 Å². The van der Waals surface area contributed by atoms with Crippen LogP contribution in [0, 0.1) is 0 Å². The predicted octanol–water partition coefficient (Wildman–Crippen LogP) is 1.55. The first-order chi connectivity index (χ1) is 11.0. The van der Waals surface area contributed by atoms with Crippen molar-refractivity contribution in [3.8, 4) is 0 Å². The molecule has 1 fully saturated rings. The topological polar surface area (TPSA) is 86.8 Å². The number of imide groups is 2. The fourth-order valence-electron chi connectivity index (χ4n) is 2.19. The molecule has 1 N–H and O–H groups in total. The highest BCUT2D eigenvalue weighted by Crippen LogP contribution is 2.24. The molecule has 0 unspecified atom stereocenters. The van der Waals surface area contributed by atoms with Crippen LogP contribution in [0.4, 0.5) is 10.5 Å². The summed E-state index contributed by atoms with van der Waals surface area (Å²) in [6.45, 7) is 1.48. The van der Waals surface area contributed by atoms with Gasteiger partial charge in [-0.2, -0.15) is 0 Å². The Morgan fingerprint density at radius 2 is 1.78 bits per heavy atom. The molecule has 1 aromatic rings. The van der Waals surface area contributed by atoms with Crippen LogP contribution in [0.2, 0.25) is 0 Å². The zero-order chi connectivity index (χ0) is 17.0. The highest BCUT2D eigenvalue weighted by molar-refractivity contribution is 7.98. The lowest BCUT2D eigenvalue weighted by Crippen LogP contribution is -2.39. The smallest absolute Gasteiger partial charge is 0.324 e. The molecule has 23 heavy (non-hydrogen) atoms. The monoisotopic (exact) mass is 335 g/mol. The van der Waals surface area contributed by atoms with E-state index in [9.17, 15) is 19.2 Å². The van der Waals surface area contributed by atoms with Crippen LogP contribution in [0.3, 0.4) is 0 Å². The number of para-hydroxylation sites is 1. The SMILES string of the molecule is CCCN1C(=O)C(=O)N(CC(=O)Nc2ccccc2SC)C1=O. The fraction of sp³-hybridized carbons (Fsp3) is 0.333. The van der Waals surface area contributed by atoms with E-state index in [2.05, 4.69) is 5.32 Å². The van der Waals surface area contributed by atoms with Gasteiger partial charge in [-0.25, -0.2) is 9.69 Å². The number of rotatable bonds is 6. The molecule has 1 aromatic carbocycles. The first-order valence-corrected chi connectivity index (χ1v) is 8.32. The van der Waals surface area contributed by atoms with Gasteiger partial charge in [0.25, 0.3) is 0 Å². The molecule has 122 valence electrons. The fourth-order valence-corrected chi connectivity index (χ4v) is 2.75. The number of urea groups is 1. The molecule has 0 aromatic heterocycles. The van der Waals surface area contributed by atoms with Crippen LogP contribution in [0.15, 0.2) is 29.2 Å². The number of hydrogen-bond acceptors (Lipinski definition) is 5. The summed E-state index contributed by atoms with van der Waals surface area (Å²) >= 11 is 1.46. The Labute approximate surface area is 138 Å². The van der Waals surface area contributed by atoms with Gasteiger partial charge >= 0.3 is 17.8 Å². The van der Waals surface area contributed by atoms with Crippen molar-refractivity contribution in [2.75, 3.05) is 24.7 Å². The number of anilines is 1. The number of nitrogens with one attached hydrogen (secondary N) is 1. The molecule has 1 aliphatic heterocycles. The molecule has 8 heteroatoms. The second-order valence-electron chi connectivity index (χ2n) is 4.88. The average Bonchev–Trinajstić information content (AvgIpc) is 2.73. The number of nitrogens with zero attached hydrogens (tertiary/aromatic N) is 2. The maximum absolute atomic E-state index is 12.1. The third-order valence-corrected chi connectivity index (χ3v) is 4.06. The van der Waals surface area contributed by atoms with E-state index < -0.39 is 30.3 Å². The van der Waals surface area contributed by atoms with E-state index >= 15 is 0 Å². The summed E-state index contributed by atoms with van der Waals surface area (Å²) < 4.78 is 0. The van der Waals surface area contributed by atoms with Crippen molar-refractivity contribution in [1.29, 1.82) is 0 Å². The number of carbonyl (C=O) groups excluding carboxylic acids is 4. The number of carbonyl (C=O) groups is 4. The molecule has 7 nitrogen and oxygen atoms in total. The second-order valence-corrected chi connectivity index (χ2v) is 5.73. The van der Waals surface area contributed by atoms with Crippen molar-refractivity contribution in [1.82, 2.24) is 9.80 Å². The minimum Gasteiger partial charge on any atom is -0.324 e. The van der Waals surface area contributed by atoms with Crippen molar-refractivity contribution in [3.63, 3.8) is 0 Å². The molecule has 1 heterocycles. The quantitative estimate of drug-likeness (QED) is 0.484. The molecule has 0 spiro atoms. The summed E-state index contributed by atoms with van der Waals surface area (Å²) in [5, 5.41) is 2.66. The maximum Gasteiger partial charge on any atom is 0.334 e. The van der Waals surface area contributed by atoms with Crippen LogP contribution < -0.4 is 5.32 Å². The van der Waals surface area contributed by atoms with Gasteiger partial charge in [-0.05, 0) is 24.8 Å². The first-order valence-electron chi connectivity index (χ1n) is 7.09. The van der Waals surface area contributed by atoms with Crippen LogP contribution in [0.5, 0.6) is 0 Å². The van der Waals surface area contributed by atoms with Crippen molar-refractivity contribution < 1.29 is 19.2 Å². The zero-order valence-corrected chi connectivity index (χ0v) is 13.7. The van der Waals surface area contributed by atoms with E-state index in [4.69, 9.17) is 0 Å². The summed E-state index contributed by atoms with van der Waals surface area (Å²) in [6, 6.07) is 6.45. The van der Waals surface area contributed by atoms with Crippen molar-refractivity contribution in [2.24, 2.45) is 0 Å². The zero-order valence-electron chi connectivity index (χ0n) is 12.9. The molecule has 1 saturated heterocycles. The Morgan fingerprint density at radius 1 is 1.13 bits per heavy atom. The van der Waals surface area contributed by atoms with Crippen molar-refractivity contribution in [3.05, 3.63) is 24.3 Å². The van der Waals surface area contributed by atoms with E-state index in [1.54, 1.807) is 19.1 Å². The van der Waals surface area contributed by atoms with Gasteiger partial charge in [0.05, 0.1) is 5.69 Å². The van der Waals surface area contributed by atoms with E-state index in [-0.39, 0.29) is 6.54 Å². The Bertz CT molecular complexity index is 662. The minimum absolute atomic E-state index is 0.164. The Balaban J connectivity index is 2.07. The summed E-state index contributed by atoms with van der Waals surface area (Å²) in [5.41, 5.74) is 0.598. The van der Waals surface area contributed by atoms with Gasteiger partial charge in [0.15, 0.2) is 0 Å². The van der Waals surface area contributed by atoms with E-state index in [1.807, 2.05) is 18.4 Å². The molecule has 0 radical (unpaired) electrons. The summed E-state index contributed by atoms with van der Waals surface area (Å²) in [7, 11) is 0. The number of benzene rings is 1. The minimum atomic E-state index is -0.961.